The van der Waals surface area contributed by atoms with Crippen LogP contribution in [0.15, 0.2) is 6.07 Å². The molecule has 15 heavy (non-hydrogen) atoms. The number of pyridine rings is 1. The van der Waals surface area contributed by atoms with Crippen LogP contribution in [0.25, 0.3) is 0 Å². The van der Waals surface area contributed by atoms with Gasteiger partial charge in [0.1, 0.15) is 0 Å². The van der Waals surface area contributed by atoms with Gasteiger partial charge in [-0.15, -0.1) is 0 Å². The predicted octanol–water partition coefficient (Wildman–Crippen LogP) is 1.39. The van der Waals surface area contributed by atoms with Gasteiger partial charge < -0.3 is 4.74 Å². The van der Waals surface area contributed by atoms with Crippen molar-refractivity contribution in [2.24, 2.45) is 0 Å². The summed E-state index contributed by atoms with van der Waals surface area (Å²) in [4.78, 5) is 25.1. The number of nitro groups is 1. The molecule has 0 atom stereocenters. The fourth-order valence-corrected chi connectivity index (χ4v) is 1.08. The lowest BCUT2D eigenvalue weighted by Gasteiger charge is -2.03. The van der Waals surface area contributed by atoms with Crippen molar-refractivity contribution in [3.63, 3.8) is 0 Å². The fourth-order valence-electron chi connectivity index (χ4n) is 1.08. The summed E-state index contributed by atoms with van der Waals surface area (Å²) in [6.07, 6.45) is 0. The maximum atomic E-state index is 11.2. The Morgan fingerprint density at radius 2 is 2.13 bits per heavy atom. The first-order valence-electron chi connectivity index (χ1n) is 4.18. The lowest BCUT2D eigenvalue weighted by molar-refractivity contribution is -0.385. The van der Waals surface area contributed by atoms with E-state index >= 15 is 0 Å². The topological polar surface area (TPSA) is 82.3 Å². The Morgan fingerprint density at radius 3 is 2.60 bits per heavy atom. The second kappa shape index (κ2) is 4.04. The Morgan fingerprint density at radius 1 is 1.53 bits per heavy atom. The van der Waals surface area contributed by atoms with Gasteiger partial charge in [-0.2, -0.15) is 0 Å². The first kappa shape index (κ1) is 11.1. The van der Waals surface area contributed by atoms with E-state index in [0.29, 0.717) is 11.3 Å². The van der Waals surface area contributed by atoms with Gasteiger partial charge in [-0.3, -0.25) is 10.1 Å². The van der Waals surface area contributed by atoms with Crippen LogP contribution in [-0.2, 0) is 4.74 Å². The van der Waals surface area contributed by atoms with Crippen molar-refractivity contribution in [2.75, 3.05) is 7.11 Å². The van der Waals surface area contributed by atoms with Crippen LogP contribution >= 0.6 is 0 Å². The van der Waals surface area contributed by atoms with Crippen molar-refractivity contribution in [3.05, 3.63) is 33.1 Å². The first-order valence-corrected chi connectivity index (χ1v) is 4.18. The van der Waals surface area contributed by atoms with Crippen molar-refractivity contribution < 1.29 is 14.5 Å². The zero-order valence-electron chi connectivity index (χ0n) is 8.60. The van der Waals surface area contributed by atoms with Gasteiger partial charge >= 0.3 is 11.7 Å². The number of nitrogens with zero attached hydrogens (tertiary/aromatic N) is 2. The smallest absolute Gasteiger partial charge is 0.363 e. The Labute approximate surface area is 86.0 Å². The van der Waals surface area contributed by atoms with Crippen LogP contribution in [0.3, 0.4) is 0 Å². The molecule has 0 saturated heterocycles. The van der Waals surface area contributed by atoms with Crippen molar-refractivity contribution in [1.82, 2.24) is 4.98 Å². The highest BCUT2D eigenvalue weighted by Crippen LogP contribution is 2.20. The summed E-state index contributed by atoms with van der Waals surface area (Å²) >= 11 is 0. The van der Waals surface area contributed by atoms with E-state index in [1.54, 1.807) is 13.8 Å². The fraction of sp³-hybridized carbons (Fsp3) is 0.333. The predicted molar refractivity (Wildman–Crippen MR) is 51.7 cm³/mol. The molecule has 0 fully saturated rings. The van der Waals surface area contributed by atoms with Crippen LogP contribution < -0.4 is 0 Å². The van der Waals surface area contributed by atoms with Crippen LogP contribution in [0, 0.1) is 24.0 Å². The average Bonchev–Trinajstić information content (AvgIpc) is 2.20. The molecule has 0 N–H and O–H groups in total. The third kappa shape index (κ3) is 2.09. The maximum Gasteiger partial charge on any atom is 0.363 e. The van der Waals surface area contributed by atoms with E-state index < -0.39 is 10.9 Å². The zero-order chi connectivity index (χ0) is 11.6. The van der Waals surface area contributed by atoms with Crippen molar-refractivity contribution in [1.29, 1.82) is 0 Å². The molecule has 0 saturated carbocycles. The van der Waals surface area contributed by atoms with Gasteiger partial charge in [0.05, 0.1) is 12.0 Å². The summed E-state index contributed by atoms with van der Waals surface area (Å²) in [6.45, 7) is 3.36. The highest BCUT2D eigenvalue weighted by atomic mass is 16.6. The SMILES string of the molecule is COC(=O)c1nc(C)c(C)cc1[N+](=O)[O-]. The van der Waals surface area contributed by atoms with E-state index in [0.717, 1.165) is 7.11 Å². The monoisotopic (exact) mass is 210 g/mol. The van der Waals surface area contributed by atoms with E-state index in [9.17, 15) is 14.9 Å². The van der Waals surface area contributed by atoms with Crippen LogP contribution in [0.5, 0.6) is 0 Å². The second-order valence-electron chi connectivity index (χ2n) is 3.01. The van der Waals surface area contributed by atoms with E-state index in [-0.39, 0.29) is 11.4 Å². The van der Waals surface area contributed by atoms with E-state index in [2.05, 4.69) is 9.72 Å². The van der Waals surface area contributed by atoms with Crippen LogP contribution in [-0.4, -0.2) is 23.0 Å². The van der Waals surface area contributed by atoms with Gasteiger partial charge in [0.2, 0.25) is 5.69 Å². The number of rotatable bonds is 2. The third-order valence-corrected chi connectivity index (χ3v) is 2.02. The van der Waals surface area contributed by atoms with Crippen LogP contribution in [0.2, 0.25) is 0 Å². The molecule has 0 aromatic carbocycles. The molecule has 0 aliphatic rings. The maximum absolute atomic E-state index is 11.2. The van der Waals surface area contributed by atoms with Gasteiger partial charge in [0.15, 0.2) is 0 Å². The molecule has 0 spiro atoms. The molecular formula is C9H10N2O4. The quantitative estimate of drug-likeness (QED) is 0.418. The first-order chi connectivity index (χ1) is 6.97. The molecule has 1 aromatic heterocycles. The Bertz CT molecular complexity index is 428. The number of carbonyl (C=O) groups excluding carboxylic acids is 1. The Kier molecular flexibility index (Phi) is 2.99. The molecular weight excluding hydrogens is 200 g/mol. The number of aromatic nitrogens is 1. The van der Waals surface area contributed by atoms with Crippen LogP contribution in [0.1, 0.15) is 21.7 Å². The Hall–Kier alpha value is -1.98. The van der Waals surface area contributed by atoms with Gasteiger partial charge in [-0.05, 0) is 19.4 Å². The van der Waals surface area contributed by atoms with Crippen molar-refractivity contribution in [2.45, 2.75) is 13.8 Å². The van der Waals surface area contributed by atoms with Gasteiger partial charge in [-0.25, -0.2) is 9.78 Å². The minimum Gasteiger partial charge on any atom is -0.464 e. The molecule has 6 nitrogen and oxygen atoms in total. The Balaban J connectivity index is 3.41. The standard InChI is InChI=1S/C9H10N2O4/c1-5-4-7(11(13)14)8(9(12)15-3)10-6(5)2/h4H,1-3H3. The zero-order valence-corrected chi connectivity index (χ0v) is 8.60. The number of hydrogen-bond donors (Lipinski definition) is 0. The summed E-state index contributed by atoms with van der Waals surface area (Å²) < 4.78 is 4.42. The number of carbonyl (C=O) groups is 1. The summed E-state index contributed by atoms with van der Waals surface area (Å²) in [5.41, 5.74) is 0.644. The molecule has 0 bridgehead atoms. The summed E-state index contributed by atoms with van der Waals surface area (Å²) in [6, 6.07) is 1.31. The van der Waals surface area contributed by atoms with E-state index in [4.69, 9.17) is 0 Å². The molecule has 0 radical (unpaired) electrons. The lowest BCUT2D eigenvalue weighted by atomic mass is 10.2. The lowest BCUT2D eigenvalue weighted by Crippen LogP contribution is -2.10. The van der Waals surface area contributed by atoms with Crippen molar-refractivity contribution in [3.8, 4) is 0 Å². The number of hydrogen-bond acceptors (Lipinski definition) is 5. The summed E-state index contributed by atoms with van der Waals surface area (Å²) in [5, 5.41) is 10.7. The summed E-state index contributed by atoms with van der Waals surface area (Å²) in [5.74, 6) is -0.801. The molecule has 0 aliphatic heterocycles. The second-order valence-corrected chi connectivity index (χ2v) is 3.01. The number of methoxy groups -OCH3 is 1. The molecule has 0 amide bonds. The van der Waals surface area contributed by atoms with E-state index in [1.807, 2.05) is 0 Å². The average molecular weight is 210 g/mol. The van der Waals surface area contributed by atoms with Gasteiger partial charge in [0.25, 0.3) is 0 Å². The number of ether oxygens (including phenoxy) is 1. The molecule has 1 aromatic rings. The minimum absolute atomic E-state index is 0.259. The van der Waals surface area contributed by atoms with Crippen molar-refractivity contribution >= 4 is 11.7 Å². The van der Waals surface area contributed by atoms with Gasteiger partial charge in [-0.1, -0.05) is 0 Å². The van der Waals surface area contributed by atoms with Gasteiger partial charge in [0, 0.05) is 11.8 Å². The normalized spacial score (nSPS) is 9.80. The molecule has 1 rings (SSSR count). The summed E-state index contributed by atoms with van der Waals surface area (Å²) in [7, 11) is 1.16. The highest BCUT2D eigenvalue weighted by Gasteiger charge is 2.23. The molecule has 80 valence electrons. The molecule has 6 heteroatoms. The third-order valence-electron chi connectivity index (χ3n) is 2.02. The number of esters is 1. The molecule has 1 heterocycles. The molecule has 0 aliphatic carbocycles. The largest absolute Gasteiger partial charge is 0.464 e. The minimum atomic E-state index is -0.801. The highest BCUT2D eigenvalue weighted by molar-refractivity contribution is 5.91. The van der Waals surface area contributed by atoms with Crippen LogP contribution in [0.4, 0.5) is 5.69 Å². The van der Waals surface area contributed by atoms with E-state index in [1.165, 1.54) is 6.07 Å². The molecule has 0 unspecified atom stereocenters. The number of aryl methyl sites for hydroxylation is 2.